The molecular weight excluding hydrogens is 196 g/mol. The third-order valence-electron chi connectivity index (χ3n) is 4.43. The number of nitrogens with one attached hydrogen (secondary N) is 1. The van der Waals surface area contributed by atoms with Gasteiger partial charge in [-0.05, 0) is 58.0 Å². The number of piperidine rings is 1. The summed E-state index contributed by atoms with van der Waals surface area (Å²) < 4.78 is 0. The summed E-state index contributed by atoms with van der Waals surface area (Å²) in [5.41, 5.74) is 0. The van der Waals surface area contributed by atoms with Crippen molar-refractivity contribution < 1.29 is 0 Å². The highest BCUT2D eigenvalue weighted by atomic mass is 15.1. The Hall–Kier alpha value is -0.0800. The van der Waals surface area contributed by atoms with Gasteiger partial charge in [-0.25, -0.2) is 0 Å². The van der Waals surface area contributed by atoms with Gasteiger partial charge in [0.1, 0.15) is 0 Å². The van der Waals surface area contributed by atoms with Gasteiger partial charge in [-0.15, -0.1) is 0 Å². The lowest BCUT2D eigenvalue weighted by molar-refractivity contribution is 0.177. The van der Waals surface area contributed by atoms with E-state index in [-0.39, 0.29) is 0 Å². The molecule has 4 atom stereocenters. The third-order valence-corrected chi connectivity index (χ3v) is 4.43. The van der Waals surface area contributed by atoms with Gasteiger partial charge in [0.05, 0.1) is 0 Å². The number of rotatable bonds is 5. The van der Waals surface area contributed by atoms with Crippen molar-refractivity contribution in [3.8, 4) is 0 Å². The highest BCUT2D eigenvalue weighted by molar-refractivity contribution is 4.95. The summed E-state index contributed by atoms with van der Waals surface area (Å²) in [6.45, 7) is 7.28. The zero-order valence-electron chi connectivity index (χ0n) is 11.2. The van der Waals surface area contributed by atoms with Crippen molar-refractivity contribution in [2.45, 2.75) is 58.0 Å². The molecule has 2 aliphatic rings. The number of nitrogens with zero attached hydrogens (tertiary/aromatic N) is 1. The minimum Gasteiger partial charge on any atom is -0.311 e. The van der Waals surface area contributed by atoms with E-state index in [2.05, 4.69) is 31.1 Å². The molecule has 0 spiro atoms. The van der Waals surface area contributed by atoms with Crippen molar-refractivity contribution in [2.24, 2.45) is 11.8 Å². The first-order chi connectivity index (χ1) is 7.70. The summed E-state index contributed by atoms with van der Waals surface area (Å²) >= 11 is 0. The fourth-order valence-electron chi connectivity index (χ4n) is 3.23. The molecule has 0 radical (unpaired) electrons. The minimum atomic E-state index is 0.717. The summed E-state index contributed by atoms with van der Waals surface area (Å²) in [7, 11) is 2.26. The van der Waals surface area contributed by atoms with E-state index in [0.717, 1.165) is 23.9 Å². The van der Waals surface area contributed by atoms with Gasteiger partial charge in [0.2, 0.25) is 0 Å². The lowest BCUT2D eigenvalue weighted by atomic mass is 9.92. The number of hydrogen-bond donors (Lipinski definition) is 1. The maximum Gasteiger partial charge on any atom is 0.0102 e. The number of likely N-dealkylation sites (tertiary alicyclic amines) is 1. The first-order valence-corrected chi connectivity index (χ1v) is 7.15. The van der Waals surface area contributed by atoms with Crippen LogP contribution in [0, 0.1) is 11.8 Å². The van der Waals surface area contributed by atoms with Crippen LogP contribution in [0.2, 0.25) is 0 Å². The lowest BCUT2D eigenvalue weighted by Gasteiger charge is -2.34. The Morgan fingerprint density at radius 1 is 1.44 bits per heavy atom. The first-order valence-electron chi connectivity index (χ1n) is 7.15. The van der Waals surface area contributed by atoms with Gasteiger partial charge in [-0.2, -0.15) is 0 Å². The van der Waals surface area contributed by atoms with Crippen molar-refractivity contribution >= 4 is 0 Å². The second-order valence-corrected chi connectivity index (χ2v) is 6.01. The Kier molecular flexibility index (Phi) is 4.26. The monoisotopic (exact) mass is 224 g/mol. The van der Waals surface area contributed by atoms with E-state index >= 15 is 0 Å². The molecule has 0 aromatic carbocycles. The molecule has 1 heterocycles. The average molecular weight is 224 g/mol. The van der Waals surface area contributed by atoms with Gasteiger partial charge < -0.3 is 10.2 Å². The van der Waals surface area contributed by atoms with Crippen LogP contribution in [-0.4, -0.2) is 37.1 Å². The summed E-state index contributed by atoms with van der Waals surface area (Å²) in [4.78, 5) is 2.49. The Morgan fingerprint density at radius 2 is 2.25 bits per heavy atom. The van der Waals surface area contributed by atoms with E-state index in [1.54, 1.807) is 0 Å². The van der Waals surface area contributed by atoms with Gasteiger partial charge in [0, 0.05) is 18.6 Å². The predicted molar refractivity (Wildman–Crippen MR) is 69.6 cm³/mol. The maximum atomic E-state index is 3.85. The maximum absolute atomic E-state index is 3.85. The lowest BCUT2D eigenvalue weighted by Crippen LogP contribution is -2.44. The molecule has 0 aromatic rings. The Morgan fingerprint density at radius 3 is 2.94 bits per heavy atom. The molecule has 0 aromatic heterocycles. The number of hydrogen-bond acceptors (Lipinski definition) is 2. The molecule has 2 rings (SSSR count). The van der Waals surface area contributed by atoms with Crippen LogP contribution in [0.15, 0.2) is 0 Å². The van der Waals surface area contributed by atoms with Gasteiger partial charge >= 0.3 is 0 Å². The Labute approximate surface area is 101 Å². The summed E-state index contributed by atoms with van der Waals surface area (Å²) in [5.74, 6) is 1.87. The first kappa shape index (κ1) is 12.4. The topological polar surface area (TPSA) is 15.3 Å². The zero-order valence-corrected chi connectivity index (χ0v) is 11.2. The van der Waals surface area contributed by atoms with Crippen LogP contribution in [0.4, 0.5) is 0 Å². The largest absolute Gasteiger partial charge is 0.311 e. The smallest absolute Gasteiger partial charge is 0.0102 e. The molecule has 94 valence electrons. The van der Waals surface area contributed by atoms with Gasteiger partial charge in [-0.3, -0.25) is 0 Å². The van der Waals surface area contributed by atoms with Gasteiger partial charge in [0.25, 0.3) is 0 Å². The molecule has 2 fully saturated rings. The average Bonchev–Trinajstić information content (AvgIpc) is 2.97. The van der Waals surface area contributed by atoms with Crippen LogP contribution in [0.1, 0.15) is 46.0 Å². The van der Waals surface area contributed by atoms with Crippen LogP contribution in [-0.2, 0) is 0 Å². The van der Waals surface area contributed by atoms with Gasteiger partial charge in [-0.1, -0.05) is 13.3 Å². The van der Waals surface area contributed by atoms with E-state index in [9.17, 15) is 0 Å². The SMILES string of the molecule is CCCC1CC1NC(C)C1CCCN(C)C1. The fourth-order valence-corrected chi connectivity index (χ4v) is 3.23. The van der Waals surface area contributed by atoms with Crippen molar-refractivity contribution in [3.63, 3.8) is 0 Å². The molecule has 1 saturated heterocycles. The highest BCUT2D eigenvalue weighted by Gasteiger charge is 2.37. The molecule has 1 saturated carbocycles. The van der Waals surface area contributed by atoms with E-state index in [1.165, 1.54) is 45.2 Å². The van der Waals surface area contributed by atoms with Crippen molar-refractivity contribution in [2.75, 3.05) is 20.1 Å². The molecule has 16 heavy (non-hydrogen) atoms. The quantitative estimate of drug-likeness (QED) is 0.772. The summed E-state index contributed by atoms with van der Waals surface area (Å²) in [6, 6.07) is 1.57. The molecule has 1 N–H and O–H groups in total. The summed E-state index contributed by atoms with van der Waals surface area (Å²) in [5, 5.41) is 3.85. The van der Waals surface area contributed by atoms with Crippen molar-refractivity contribution in [1.29, 1.82) is 0 Å². The van der Waals surface area contributed by atoms with Crippen LogP contribution >= 0.6 is 0 Å². The van der Waals surface area contributed by atoms with Crippen molar-refractivity contribution in [1.82, 2.24) is 10.2 Å². The second kappa shape index (κ2) is 5.50. The molecule has 2 nitrogen and oxygen atoms in total. The van der Waals surface area contributed by atoms with Crippen LogP contribution in [0.25, 0.3) is 0 Å². The molecule has 0 bridgehead atoms. The molecule has 0 amide bonds. The normalized spacial score (nSPS) is 37.3. The molecule has 1 aliphatic heterocycles. The molecule has 1 aliphatic carbocycles. The third kappa shape index (κ3) is 3.21. The molecular formula is C14H28N2. The van der Waals surface area contributed by atoms with E-state index in [4.69, 9.17) is 0 Å². The van der Waals surface area contributed by atoms with Crippen LogP contribution < -0.4 is 5.32 Å². The predicted octanol–water partition coefficient (Wildman–Crippen LogP) is 2.49. The standard InChI is InChI=1S/C14H28N2/c1-4-6-12-9-14(12)15-11(2)13-7-5-8-16(3)10-13/h11-15H,4-10H2,1-3H3. The van der Waals surface area contributed by atoms with Crippen molar-refractivity contribution in [3.05, 3.63) is 0 Å². The van der Waals surface area contributed by atoms with E-state index < -0.39 is 0 Å². The Balaban J connectivity index is 1.69. The van der Waals surface area contributed by atoms with Crippen LogP contribution in [0.5, 0.6) is 0 Å². The Bertz CT molecular complexity index is 217. The fraction of sp³-hybridized carbons (Fsp3) is 1.00. The molecule has 4 unspecified atom stereocenters. The van der Waals surface area contributed by atoms with Crippen LogP contribution in [0.3, 0.4) is 0 Å². The second-order valence-electron chi connectivity index (χ2n) is 6.01. The molecule has 2 heteroatoms. The van der Waals surface area contributed by atoms with E-state index in [0.29, 0.717) is 0 Å². The zero-order chi connectivity index (χ0) is 11.5. The highest BCUT2D eigenvalue weighted by Crippen LogP contribution is 2.35. The van der Waals surface area contributed by atoms with Gasteiger partial charge in [0.15, 0.2) is 0 Å². The summed E-state index contributed by atoms with van der Waals surface area (Å²) in [6.07, 6.45) is 7.01. The minimum absolute atomic E-state index is 0.717. The van der Waals surface area contributed by atoms with E-state index in [1.807, 2.05) is 0 Å².